The Hall–Kier alpha value is -1.60. The van der Waals surface area contributed by atoms with E-state index in [0.29, 0.717) is 18.8 Å². The van der Waals surface area contributed by atoms with Gasteiger partial charge in [-0.2, -0.15) is 5.26 Å². The van der Waals surface area contributed by atoms with Crippen LogP contribution in [0.1, 0.15) is 5.56 Å². The van der Waals surface area contributed by atoms with E-state index in [4.69, 9.17) is 11.0 Å². The van der Waals surface area contributed by atoms with Crippen molar-refractivity contribution >= 4 is 5.69 Å². The van der Waals surface area contributed by atoms with Gasteiger partial charge in [-0.05, 0) is 18.2 Å². The third-order valence-corrected chi connectivity index (χ3v) is 1.56. The number of hydrogen-bond acceptors (Lipinski definition) is 3. The van der Waals surface area contributed by atoms with Crippen LogP contribution in [0.2, 0.25) is 0 Å². The molecule has 3 nitrogen and oxygen atoms in total. The number of benzene rings is 1. The molecule has 0 fully saturated rings. The van der Waals surface area contributed by atoms with E-state index < -0.39 is 5.82 Å². The highest BCUT2D eigenvalue weighted by Gasteiger charge is 2.01. The maximum absolute atomic E-state index is 12.8. The van der Waals surface area contributed by atoms with Gasteiger partial charge in [-0.3, -0.25) is 0 Å². The minimum absolute atomic E-state index is 0.0435. The summed E-state index contributed by atoms with van der Waals surface area (Å²) in [5.74, 6) is -0.499. The Bertz CT molecular complexity index is 330. The molecule has 0 spiro atoms. The summed E-state index contributed by atoms with van der Waals surface area (Å²) >= 11 is 0. The molecule has 0 saturated carbocycles. The summed E-state index contributed by atoms with van der Waals surface area (Å²) in [5.41, 5.74) is 6.03. The molecule has 0 aliphatic heterocycles. The van der Waals surface area contributed by atoms with Gasteiger partial charge >= 0.3 is 0 Å². The standard InChI is InChI=1S/C9H10FN3/c10-9-2-1-8(13-4-3-11)5-7(9)6-12/h1-2,5,13H,3-4,11H2. The lowest BCUT2D eigenvalue weighted by molar-refractivity contribution is 0.624. The highest BCUT2D eigenvalue weighted by molar-refractivity contribution is 5.49. The van der Waals surface area contributed by atoms with Gasteiger partial charge in [0.2, 0.25) is 0 Å². The molecule has 0 amide bonds. The molecule has 68 valence electrons. The molecule has 0 atom stereocenters. The molecule has 3 N–H and O–H groups in total. The van der Waals surface area contributed by atoms with Crippen LogP contribution in [0.15, 0.2) is 18.2 Å². The second-order valence-corrected chi connectivity index (χ2v) is 2.52. The smallest absolute Gasteiger partial charge is 0.141 e. The number of anilines is 1. The predicted octanol–water partition coefficient (Wildman–Crippen LogP) is 1.07. The third-order valence-electron chi connectivity index (χ3n) is 1.56. The molecule has 0 aliphatic rings. The van der Waals surface area contributed by atoms with Crippen LogP contribution in [-0.2, 0) is 0 Å². The number of hydrogen-bond donors (Lipinski definition) is 2. The molecule has 0 aromatic heterocycles. The van der Waals surface area contributed by atoms with Crippen molar-refractivity contribution in [2.24, 2.45) is 5.73 Å². The second-order valence-electron chi connectivity index (χ2n) is 2.52. The van der Waals surface area contributed by atoms with Crippen LogP contribution >= 0.6 is 0 Å². The Morgan fingerprint density at radius 2 is 2.31 bits per heavy atom. The van der Waals surface area contributed by atoms with Crippen molar-refractivity contribution in [3.63, 3.8) is 0 Å². The Morgan fingerprint density at radius 3 is 2.92 bits per heavy atom. The molecule has 0 unspecified atom stereocenters. The van der Waals surface area contributed by atoms with E-state index in [1.807, 2.05) is 0 Å². The Labute approximate surface area is 76.0 Å². The Morgan fingerprint density at radius 1 is 1.54 bits per heavy atom. The molecular weight excluding hydrogens is 169 g/mol. The quantitative estimate of drug-likeness (QED) is 0.729. The zero-order chi connectivity index (χ0) is 9.68. The van der Waals surface area contributed by atoms with Gasteiger partial charge in [0, 0.05) is 18.8 Å². The van der Waals surface area contributed by atoms with Gasteiger partial charge in [0.05, 0.1) is 5.56 Å². The summed E-state index contributed by atoms with van der Waals surface area (Å²) in [7, 11) is 0. The molecule has 1 rings (SSSR count). The van der Waals surface area contributed by atoms with Crippen LogP contribution in [0.3, 0.4) is 0 Å². The van der Waals surface area contributed by atoms with E-state index in [1.54, 1.807) is 12.1 Å². The largest absolute Gasteiger partial charge is 0.384 e. The summed E-state index contributed by atoms with van der Waals surface area (Å²) in [4.78, 5) is 0. The Kier molecular flexibility index (Phi) is 3.23. The highest BCUT2D eigenvalue weighted by Crippen LogP contribution is 2.13. The molecule has 13 heavy (non-hydrogen) atoms. The molecule has 1 aromatic carbocycles. The molecule has 0 bridgehead atoms. The first-order valence-electron chi connectivity index (χ1n) is 3.91. The minimum atomic E-state index is -0.499. The van der Waals surface area contributed by atoms with Crippen molar-refractivity contribution in [2.45, 2.75) is 0 Å². The summed E-state index contributed by atoms with van der Waals surface area (Å²) in [5, 5.41) is 11.5. The van der Waals surface area contributed by atoms with Crippen LogP contribution < -0.4 is 11.1 Å². The first-order valence-corrected chi connectivity index (χ1v) is 3.91. The fourth-order valence-electron chi connectivity index (χ4n) is 0.937. The minimum Gasteiger partial charge on any atom is -0.384 e. The second kappa shape index (κ2) is 4.43. The first-order chi connectivity index (χ1) is 6.27. The lowest BCUT2D eigenvalue weighted by Crippen LogP contribution is -2.13. The van der Waals surface area contributed by atoms with Crippen LogP contribution in [0.25, 0.3) is 0 Å². The van der Waals surface area contributed by atoms with Crippen LogP contribution in [0.5, 0.6) is 0 Å². The van der Waals surface area contributed by atoms with E-state index in [2.05, 4.69) is 5.32 Å². The predicted molar refractivity (Wildman–Crippen MR) is 48.7 cm³/mol. The van der Waals surface area contributed by atoms with Crippen molar-refractivity contribution < 1.29 is 4.39 Å². The van der Waals surface area contributed by atoms with Gasteiger partial charge < -0.3 is 11.1 Å². The van der Waals surface area contributed by atoms with Crippen LogP contribution in [-0.4, -0.2) is 13.1 Å². The molecule has 1 aromatic rings. The fourth-order valence-corrected chi connectivity index (χ4v) is 0.937. The van der Waals surface area contributed by atoms with E-state index in [9.17, 15) is 4.39 Å². The Balaban J connectivity index is 2.82. The zero-order valence-corrected chi connectivity index (χ0v) is 7.05. The van der Waals surface area contributed by atoms with E-state index in [0.717, 1.165) is 0 Å². The number of nitrogens with one attached hydrogen (secondary N) is 1. The summed E-state index contributed by atoms with van der Waals surface area (Å²) in [6.07, 6.45) is 0. The number of nitrogens with two attached hydrogens (primary N) is 1. The molecule has 0 aliphatic carbocycles. The normalized spacial score (nSPS) is 9.31. The average molecular weight is 179 g/mol. The molecule has 0 heterocycles. The topological polar surface area (TPSA) is 61.8 Å². The van der Waals surface area contributed by atoms with Crippen molar-refractivity contribution in [2.75, 3.05) is 18.4 Å². The van der Waals surface area contributed by atoms with Crippen molar-refractivity contribution in [1.29, 1.82) is 5.26 Å². The fraction of sp³-hybridized carbons (Fsp3) is 0.222. The summed E-state index contributed by atoms with van der Waals surface area (Å²) < 4.78 is 12.8. The highest BCUT2D eigenvalue weighted by atomic mass is 19.1. The zero-order valence-electron chi connectivity index (χ0n) is 7.05. The maximum Gasteiger partial charge on any atom is 0.141 e. The van der Waals surface area contributed by atoms with Gasteiger partial charge in [-0.1, -0.05) is 0 Å². The number of halogens is 1. The van der Waals surface area contributed by atoms with Gasteiger partial charge in [-0.15, -0.1) is 0 Å². The van der Waals surface area contributed by atoms with Gasteiger partial charge in [-0.25, -0.2) is 4.39 Å². The van der Waals surface area contributed by atoms with Gasteiger partial charge in [0.25, 0.3) is 0 Å². The van der Waals surface area contributed by atoms with E-state index in [1.165, 1.54) is 12.1 Å². The summed E-state index contributed by atoms with van der Waals surface area (Å²) in [6, 6.07) is 6.07. The molecule has 0 saturated heterocycles. The molecule has 0 radical (unpaired) electrons. The van der Waals surface area contributed by atoms with Crippen molar-refractivity contribution in [3.05, 3.63) is 29.6 Å². The van der Waals surface area contributed by atoms with Crippen LogP contribution in [0, 0.1) is 17.1 Å². The monoisotopic (exact) mass is 179 g/mol. The lowest BCUT2D eigenvalue weighted by Gasteiger charge is -2.04. The van der Waals surface area contributed by atoms with Crippen molar-refractivity contribution in [1.82, 2.24) is 0 Å². The van der Waals surface area contributed by atoms with Gasteiger partial charge in [0.1, 0.15) is 11.9 Å². The SMILES string of the molecule is N#Cc1cc(NCCN)ccc1F. The van der Waals surface area contributed by atoms with Gasteiger partial charge in [0.15, 0.2) is 0 Å². The summed E-state index contributed by atoms with van der Waals surface area (Å²) in [6.45, 7) is 1.11. The first kappa shape index (κ1) is 9.49. The third kappa shape index (κ3) is 2.42. The number of nitrogens with zero attached hydrogens (tertiary/aromatic N) is 1. The number of rotatable bonds is 3. The van der Waals surface area contributed by atoms with E-state index in [-0.39, 0.29) is 5.56 Å². The molecular formula is C9H10FN3. The average Bonchev–Trinajstić information content (AvgIpc) is 2.16. The maximum atomic E-state index is 12.8. The van der Waals surface area contributed by atoms with E-state index >= 15 is 0 Å². The number of nitriles is 1. The van der Waals surface area contributed by atoms with Crippen LogP contribution in [0.4, 0.5) is 10.1 Å². The van der Waals surface area contributed by atoms with Crippen molar-refractivity contribution in [3.8, 4) is 6.07 Å². The molecule has 4 heteroatoms. The lowest BCUT2D eigenvalue weighted by atomic mass is 10.2.